The van der Waals surface area contributed by atoms with Crippen molar-refractivity contribution in [3.63, 3.8) is 0 Å². The van der Waals surface area contributed by atoms with E-state index < -0.39 is 0 Å². The molecule has 1 spiro atoms. The monoisotopic (exact) mass is 242 g/mol. The first-order chi connectivity index (χ1) is 7.58. The van der Waals surface area contributed by atoms with Gasteiger partial charge in [0.1, 0.15) is 0 Å². The van der Waals surface area contributed by atoms with Gasteiger partial charge in [-0.15, -0.1) is 0 Å². The second-order valence-electron chi connectivity index (χ2n) is 5.90. The molecule has 1 aliphatic carbocycles. The van der Waals surface area contributed by atoms with Gasteiger partial charge in [0.25, 0.3) is 0 Å². The van der Waals surface area contributed by atoms with Crippen molar-refractivity contribution in [2.75, 3.05) is 19.6 Å². The van der Waals surface area contributed by atoms with E-state index in [4.69, 9.17) is 11.6 Å². The summed E-state index contributed by atoms with van der Waals surface area (Å²) < 4.78 is 0. The van der Waals surface area contributed by atoms with Crippen molar-refractivity contribution in [3.8, 4) is 0 Å². The lowest BCUT2D eigenvalue weighted by Crippen LogP contribution is -2.67. The lowest BCUT2D eigenvalue weighted by molar-refractivity contribution is 0.0384. The smallest absolute Gasteiger partial charge is 0.0309 e. The summed E-state index contributed by atoms with van der Waals surface area (Å²) in [6, 6.07) is 0. The molecule has 2 aliphatic rings. The molecule has 0 aromatic carbocycles. The SMILES string of the molecule is CC1(C)CNC2(CCCC2)CN1C/C=C/Cl. The highest BCUT2D eigenvalue weighted by atomic mass is 35.5. The second kappa shape index (κ2) is 4.67. The van der Waals surface area contributed by atoms with E-state index in [1.807, 2.05) is 0 Å². The molecule has 1 saturated carbocycles. The predicted molar refractivity (Wildman–Crippen MR) is 69.8 cm³/mol. The number of hydrogen-bond donors (Lipinski definition) is 1. The van der Waals surface area contributed by atoms with Gasteiger partial charge in [-0.2, -0.15) is 0 Å². The van der Waals surface area contributed by atoms with Crippen LogP contribution in [0.5, 0.6) is 0 Å². The summed E-state index contributed by atoms with van der Waals surface area (Å²) in [6.07, 6.45) is 7.49. The maximum Gasteiger partial charge on any atom is 0.0309 e. The number of nitrogens with zero attached hydrogens (tertiary/aromatic N) is 1. The van der Waals surface area contributed by atoms with Crippen molar-refractivity contribution < 1.29 is 0 Å². The van der Waals surface area contributed by atoms with E-state index in [0.29, 0.717) is 5.54 Å². The van der Waals surface area contributed by atoms with E-state index in [1.54, 1.807) is 5.54 Å². The standard InChI is InChI=1S/C13H23ClN2/c1-12(2)10-15-13(6-3-4-7-13)11-16(12)9-5-8-14/h5,8,15H,3-4,6-7,9-11H2,1-2H3/b8-5+. The van der Waals surface area contributed by atoms with Gasteiger partial charge >= 0.3 is 0 Å². The molecule has 1 N–H and O–H groups in total. The largest absolute Gasteiger partial charge is 0.308 e. The summed E-state index contributed by atoms with van der Waals surface area (Å²) in [5.41, 5.74) is 2.28. The molecule has 2 fully saturated rings. The maximum atomic E-state index is 5.64. The Balaban J connectivity index is 2.05. The van der Waals surface area contributed by atoms with E-state index in [0.717, 1.165) is 13.1 Å². The van der Waals surface area contributed by atoms with Crippen LogP contribution in [-0.2, 0) is 0 Å². The Morgan fingerprint density at radius 2 is 2.00 bits per heavy atom. The molecule has 0 aromatic rings. The number of piperazine rings is 1. The van der Waals surface area contributed by atoms with Crippen LogP contribution in [-0.4, -0.2) is 35.6 Å². The molecule has 0 radical (unpaired) electrons. The first-order valence-electron chi connectivity index (χ1n) is 6.33. The van der Waals surface area contributed by atoms with Gasteiger partial charge in [-0.3, -0.25) is 4.90 Å². The average molecular weight is 243 g/mol. The minimum absolute atomic E-state index is 0.240. The molecule has 0 unspecified atom stereocenters. The van der Waals surface area contributed by atoms with Gasteiger partial charge < -0.3 is 5.32 Å². The quantitative estimate of drug-likeness (QED) is 0.801. The summed E-state index contributed by atoms with van der Waals surface area (Å²) >= 11 is 5.64. The van der Waals surface area contributed by atoms with Crippen LogP contribution in [0.3, 0.4) is 0 Å². The van der Waals surface area contributed by atoms with Crippen molar-refractivity contribution in [1.29, 1.82) is 0 Å². The highest BCUT2D eigenvalue weighted by Crippen LogP contribution is 2.35. The summed E-state index contributed by atoms with van der Waals surface area (Å²) in [4.78, 5) is 2.56. The molecular formula is C13H23ClN2. The summed E-state index contributed by atoms with van der Waals surface area (Å²) in [6.45, 7) is 7.85. The molecule has 0 bridgehead atoms. The molecule has 3 heteroatoms. The van der Waals surface area contributed by atoms with Crippen LogP contribution in [0.4, 0.5) is 0 Å². The molecule has 1 aliphatic heterocycles. The van der Waals surface area contributed by atoms with Crippen LogP contribution in [0.2, 0.25) is 0 Å². The third kappa shape index (κ3) is 2.44. The Morgan fingerprint density at radius 1 is 1.31 bits per heavy atom. The van der Waals surface area contributed by atoms with Crippen molar-refractivity contribution in [3.05, 3.63) is 11.6 Å². The third-order valence-electron chi connectivity index (χ3n) is 4.22. The minimum Gasteiger partial charge on any atom is -0.308 e. The number of halogens is 1. The van der Waals surface area contributed by atoms with Gasteiger partial charge in [0.05, 0.1) is 0 Å². The summed E-state index contributed by atoms with van der Waals surface area (Å²) in [5.74, 6) is 0. The Morgan fingerprint density at radius 3 is 2.62 bits per heavy atom. The van der Waals surface area contributed by atoms with Gasteiger partial charge in [-0.1, -0.05) is 30.5 Å². The van der Waals surface area contributed by atoms with Gasteiger partial charge in [0, 0.05) is 36.2 Å². The molecule has 16 heavy (non-hydrogen) atoms. The molecule has 0 amide bonds. The van der Waals surface area contributed by atoms with Crippen molar-refractivity contribution in [1.82, 2.24) is 10.2 Å². The zero-order valence-electron chi connectivity index (χ0n) is 10.4. The van der Waals surface area contributed by atoms with Crippen LogP contribution in [0.1, 0.15) is 39.5 Å². The molecule has 1 saturated heterocycles. The van der Waals surface area contributed by atoms with Gasteiger partial charge in [-0.25, -0.2) is 0 Å². The maximum absolute atomic E-state index is 5.64. The van der Waals surface area contributed by atoms with Crippen molar-refractivity contribution in [2.45, 2.75) is 50.6 Å². The first kappa shape index (κ1) is 12.4. The number of hydrogen-bond acceptors (Lipinski definition) is 2. The zero-order chi connectivity index (χ0) is 11.6. The summed E-state index contributed by atoms with van der Waals surface area (Å²) in [7, 11) is 0. The van der Waals surface area contributed by atoms with Crippen LogP contribution in [0, 0.1) is 0 Å². The van der Waals surface area contributed by atoms with E-state index in [1.165, 1.54) is 32.2 Å². The van der Waals surface area contributed by atoms with Gasteiger partial charge in [0.2, 0.25) is 0 Å². The summed E-state index contributed by atoms with van der Waals surface area (Å²) in [5, 5.41) is 3.79. The lowest BCUT2D eigenvalue weighted by atomic mass is 9.87. The van der Waals surface area contributed by atoms with E-state index in [9.17, 15) is 0 Å². The van der Waals surface area contributed by atoms with Crippen LogP contribution in [0.25, 0.3) is 0 Å². The van der Waals surface area contributed by atoms with Crippen molar-refractivity contribution >= 4 is 11.6 Å². The Kier molecular flexibility index (Phi) is 3.62. The van der Waals surface area contributed by atoms with Crippen LogP contribution < -0.4 is 5.32 Å². The number of nitrogens with one attached hydrogen (secondary N) is 1. The van der Waals surface area contributed by atoms with E-state index >= 15 is 0 Å². The average Bonchev–Trinajstić information content (AvgIpc) is 2.69. The molecule has 92 valence electrons. The van der Waals surface area contributed by atoms with Gasteiger partial charge in [-0.05, 0) is 26.7 Å². The van der Waals surface area contributed by atoms with Crippen LogP contribution >= 0.6 is 11.6 Å². The minimum atomic E-state index is 0.240. The van der Waals surface area contributed by atoms with Crippen LogP contribution in [0.15, 0.2) is 11.6 Å². The lowest BCUT2D eigenvalue weighted by Gasteiger charge is -2.50. The van der Waals surface area contributed by atoms with E-state index in [2.05, 4.69) is 30.1 Å². The first-order valence-corrected chi connectivity index (χ1v) is 6.77. The molecule has 2 nitrogen and oxygen atoms in total. The Bertz CT molecular complexity index is 267. The third-order valence-corrected chi connectivity index (χ3v) is 4.40. The van der Waals surface area contributed by atoms with Gasteiger partial charge in [0.15, 0.2) is 0 Å². The molecular weight excluding hydrogens is 220 g/mol. The highest BCUT2D eigenvalue weighted by molar-refractivity contribution is 6.25. The Hall–Kier alpha value is -0.0500. The van der Waals surface area contributed by atoms with E-state index in [-0.39, 0.29) is 5.54 Å². The fraction of sp³-hybridized carbons (Fsp3) is 0.846. The fourth-order valence-electron chi connectivity index (χ4n) is 3.02. The molecule has 0 aromatic heterocycles. The zero-order valence-corrected chi connectivity index (χ0v) is 11.2. The highest BCUT2D eigenvalue weighted by Gasteiger charge is 2.43. The predicted octanol–water partition coefficient (Wildman–Crippen LogP) is 2.74. The second-order valence-corrected chi connectivity index (χ2v) is 6.15. The normalized spacial score (nSPS) is 29.2. The van der Waals surface area contributed by atoms with Crippen molar-refractivity contribution in [2.24, 2.45) is 0 Å². The molecule has 1 heterocycles. The fourth-order valence-corrected chi connectivity index (χ4v) is 3.10. The molecule has 0 atom stereocenters. The molecule has 2 rings (SSSR count). The Labute approximate surface area is 104 Å². The topological polar surface area (TPSA) is 15.3 Å². The number of rotatable bonds is 2.